The second-order valence-corrected chi connectivity index (χ2v) is 26.6. The van der Waals surface area contributed by atoms with Crippen molar-refractivity contribution in [1.82, 2.24) is 0 Å². The van der Waals surface area contributed by atoms with Crippen LogP contribution >= 0.6 is 0 Å². The first kappa shape index (κ1) is 57.9. The number of rotatable bonds is 13. The minimum absolute atomic E-state index is 0.151. The summed E-state index contributed by atoms with van der Waals surface area (Å²) >= 11 is 0. The van der Waals surface area contributed by atoms with Crippen LogP contribution in [0.4, 0.5) is 34.1 Å². The SMILES string of the molecule is C/C=C\C=C(/C)c1ccc(N(c2ccc(-c3ccc4c(c3)C(c3ccccc3)(c3ccc(O)cc3)c3cc(-c5ccc(N(c6ccc(-c7ccccc7)cc6)c6ccc7c(c6)C(C)(C)c6ccccc6-7)cc5)ccc3-4)cc2)c2ccc3c(c2)C(C)(C)c2ccccc2-3)cc1. The Morgan fingerprint density at radius 2 is 0.649 bits per heavy atom. The third-order valence-corrected chi connectivity index (χ3v) is 20.6. The average Bonchev–Trinajstić information content (AvgIpc) is 1.52. The summed E-state index contributed by atoms with van der Waals surface area (Å²) in [6.45, 7) is 13.6. The molecule has 13 aromatic carbocycles. The van der Waals surface area contributed by atoms with E-state index in [1.165, 1.54) is 89.0 Å². The molecule has 16 rings (SSSR count). The van der Waals surface area contributed by atoms with E-state index in [1.54, 1.807) is 0 Å². The highest BCUT2D eigenvalue weighted by Crippen LogP contribution is 2.59. The van der Waals surface area contributed by atoms with Crippen LogP contribution in [0.25, 0.3) is 72.3 Å². The number of aromatic hydroxyl groups is 1. The van der Waals surface area contributed by atoms with Gasteiger partial charge in [0.15, 0.2) is 0 Å². The van der Waals surface area contributed by atoms with Gasteiger partial charge in [0.25, 0.3) is 0 Å². The highest BCUT2D eigenvalue weighted by Gasteiger charge is 2.47. The molecule has 94 heavy (non-hydrogen) atoms. The van der Waals surface area contributed by atoms with Crippen molar-refractivity contribution in [3.05, 3.63) is 372 Å². The van der Waals surface area contributed by atoms with Gasteiger partial charge >= 0.3 is 0 Å². The first-order valence-corrected chi connectivity index (χ1v) is 32.9. The number of nitrogens with zero attached hydrogens (tertiary/aromatic N) is 2. The topological polar surface area (TPSA) is 26.7 Å². The van der Waals surface area contributed by atoms with Crippen molar-refractivity contribution in [2.24, 2.45) is 0 Å². The molecule has 3 aliphatic carbocycles. The standard InChI is InChI=1S/C91H72N2O/c1-7-8-19-60(2)61-28-40-70(41-29-61)92(74-48-54-79-77-24-15-17-26-83(77)89(3,4)85(79)58-74)72-44-32-64(33-45-72)66-36-52-81-82-53-37-67(57-88(82)91(87(81)56-66,68-22-13-10-14-23-68)69-38-50-76(94)51-39-69)65-34-46-73(47-35-65)93(71-42-30-63(31-43-71)62-20-11-9-12-21-62)75-49-55-80-78-25-16-18-27-84(78)90(5,6)86(80)59-75/h7-59,94H,1-6H3/b8-7-,60-19+. The van der Waals surface area contributed by atoms with E-state index in [1.807, 2.05) is 12.1 Å². The van der Waals surface area contributed by atoms with Crippen LogP contribution in [0.2, 0.25) is 0 Å². The minimum atomic E-state index is -0.737. The molecule has 1 N–H and O–H groups in total. The summed E-state index contributed by atoms with van der Waals surface area (Å²) in [6, 6.07) is 112. The predicted octanol–water partition coefficient (Wildman–Crippen LogP) is 24.3. The molecule has 0 bridgehead atoms. The molecule has 452 valence electrons. The Kier molecular flexibility index (Phi) is 14.1. The van der Waals surface area contributed by atoms with E-state index in [9.17, 15) is 5.11 Å². The zero-order valence-electron chi connectivity index (χ0n) is 53.9. The second-order valence-electron chi connectivity index (χ2n) is 26.6. The summed E-state index contributed by atoms with van der Waals surface area (Å²) in [4.78, 5) is 4.81. The number of phenols is 1. The van der Waals surface area contributed by atoms with E-state index < -0.39 is 5.41 Å². The van der Waals surface area contributed by atoms with E-state index in [2.05, 4.69) is 361 Å². The summed E-state index contributed by atoms with van der Waals surface area (Å²) in [5, 5.41) is 11.0. The van der Waals surface area contributed by atoms with Crippen LogP contribution in [-0.2, 0) is 16.2 Å². The molecular weight excluding hydrogens is 1140 g/mol. The van der Waals surface area contributed by atoms with Gasteiger partial charge in [0.05, 0.1) is 5.41 Å². The lowest BCUT2D eigenvalue weighted by molar-refractivity contribution is 0.475. The summed E-state index contributed by atoms with van der Waals surface area (Å²) in [6.07, 6.45) is 6.34. The molecule has 3 aliphatic rings. The van der Waals surface area contributed by atoms with E-state index in [4.69, 9.17) is 0 Å². The molecule has 0 saturated heterocycles. The van der Waals surface area contributed by atoms with Gasteiger partial charge in [0.2, 0.25) is 0 Å². The lowest BCUT2D eigenvalue weighted by Gasteiger charge is -2.34. The van der Waals surface area contributed by atoms with Crippen LogP contribution in [0, 0.1) is 0 Å². The highest BCUT2D eigenvalue weighted by molar-refractivity contribution is 5.93. The van der Waals surface area contributed by atoms with Crippen molar-refractivity contribution in [3.63, 3.8) is 0 Å². The molecular formula is C91H72N2O. The zero-order chi connectivity index (χ0) is 63.9. The molecule has 0 aromatic heterocycles. The fraction of sp³-hybridized carbons (Fsp3) is 0.0989. The molecule has 3 heteroatoms. The first-order chi connectivity index (χ1) is 45.9. The maximum absolute atomic E-state index is 11.0. The van der Waals surface area contributed by atoms with Gasteiger partial charge in [0.1, 0.15) is 5.75 Å². The molecule has 13 aromatic rings. The molecule has 0 saturated carbocycles. The third kappa shape index (κ3) is 9.48. The number of hydrogen-bond donors (Lipinski definition) is 1. The van der Waals surface area contributed by atoms with Crippen molar-refractivity contribution < 1.29 is 5.11 Å². The zero-order valence-corrected chi connectivity index (χ0v) is 53.9. The van der Waals surface area contributed by atoms with E-state index in [0.717, 1.165) is 67.5 Å². The van der Waals surface area contributed by atoms with Crippen molar-refractivity contribution in [2.45, 2.75) is 57.8 Å². The smallest absolute Gasteiger partial charge is 0.115 e. The van der Waals surface area contributed by atoms with Gasteiger partial charge in [-0.25, -0.2) is 0 Å². The Morgan fingerprint density at radius 3 is 1.11 bits per heavy atom. The van der Waals surface area contributed by atoms with Gasteiger partial charge in [-0.2, -0.15) is 0 Å². The van der Waals surface area contributed by atoms with Crippen LogP contribution in [0.15, 0.2) is 322 Å². The second kappa shape index (κ2) is 22.8. The van der Waals surface area contributed by atoms with Gasteiger partial charge in [-0.3, -0.25) is 0 Å². The Morgan fingerprint density at radius 1 is 0.309 bits per heavy atom. The van der Waals surface area contributed by atoms with Crippen molar-refractivity contribution in [3.8, 4) is 72.5 Å². The maximum atomic E-state index is 11.0. The fourth-order valence-electron chi connectivity index (χ4n) is 15.7. The van der Waals surface area contributed by atoms with Gasteiger partial charge in [-0.05, 0) is 233 Å². The molecule has 3 nitrogen and oxygen atoms in total. The summed E-state index contributed by atoms with van der Waals surface area (Å²) < 4.78 is 0. The van der Waals surface area contributed by atoms with Crippen LogP contribution < -0.4 is 9.80 Å². The quantitative estimate of drug-likeness (QED) is 0.117. The number of benzene rings is 13. The van der Waals surface area contributed by atoms with Crippen molar-refractivity contribution >= 4 is 39.7 Å². The number of allylic oxidation sites excluding steroid dienone is 4. The highest BCUT2D eigenvalue weighted by atomic mass is 16.3. The Bertz CT molecular complexity index is 5110. The molecule has 1 atom stereocenters. The number of hydrogen-bond acceptors (Lipinski definition) is 3. The lowest BCUT2D eigenvalue weighted by atomic mass is 9.67. The molecule has 1 unspecified atom stereocenters. The normalized spacial score (nSPS) is 15.2. The van der Waals surface area contributed by atoms with Gasteiger partial charge in [-0.15, -0.1) is 0 Å². The van der Waals surface area contributed by atoms with Crippen LogP contribution in [0.1, 0.15) is 91.6 Å². The maximum Gasteiger partial charge on any atom is 0.115 e. The molecule has 0 amide bonds. The van der Waals surface area contributed by atoms with E-state index in [0.29, 0.717) is 0 Å². The Labute approximate surface area is 553 Å². The molecule has 0 aliphatic heterocycles. The fourth-order valence-corrected chi connectivity index (χ4v) is 15.7. The van der Waals surface area contributed by atoms with Crippen LogP contribution in [0.5, 0.6) is 5.75 Å². The average molecular weight is 1210 g/mol. The monoisotopic (exact) mass is 1210 g/mol. The Hall–Kier alpha value is -11.3. The summed E-state index contributed by atoms with van der Waals surface area (Å²) in [5.41, 5.74) is 32.4. The minimum Gasteiger partial charge on any atom is -0.508 e. The predicted molar refractivity (Wildman–Crippen MR) is 395 cm³/mol. The number of anilines is 6. The summed E-state index contributed by atoms with van der Waals surface area (Å²) in [5.74, 6) is 0.234. The Balaban J connectivity index is 0.785. The van der Waals surface area contributed by atoms with Gasteiger partial charge < -0.3 is 14.9 Å². The van der Waals surface area contributed by atoms with Gasteiger partial charge in [-0.1, -0.05) is 252 Å². The van der Waals surface area contributed by atoms with Crippen molar-refractivity contribution in [1.29, 1.82) is 0 Å². The summed E-state index contributed by atoms with van der Waals surface area (Å²) in [7, 11) is 0. The van der Waals surface area contributed by atoms with Crippen molar-refractivity contribution in [2.75, 3.05) is 9.80 Å². The van der Waals surface area contributed by atoms with Gasteiger partial charge in [0, 0.05) is 45.0 Å². The van der Waals surface area contributed by atoms with E-state index in [-0.39, 0.29) is 16.6 Å². The lowest BCUT2D eigenvalue weighted by Crippen LogP contribution is -2.28. The largest absolute Gasteiger partial charge is 0.508 e. The molecule has 0 fully saturated rings. The van der Waals surface area contributed by atoms with Crippen LogP contribution in [0.3, 0.4) is 0 Å². The number of fused-ring (bicyclic) bond motifs is 9. The van der Waals surface area contributed by atoms with Crippen LogP contribution in [-0.4, -0.2) is 5.11 Å². The molecule has 0 spiro atoms. The van der Waals surface area contributed by atoms with E-state index >= 15 is 0 Å². The molecule has 0 heterocycles. The molecule has 0 radical (unpaired) electrons. The number of phenolic OH excluding ortho intramolecular Hbond substituents is 1. The third-order valence-electron chi connectivity index (χ3n) is 20.6. The first-order valence-electron chi connectivity index (χ1n) is 32.9.